The number of piperidine rings is 1. The van der Waals surface area contributed by atoms with Gasteiger partial charge in [-0.3, -0.25) is 14.5 Å². The van der Waals surface area contributed by atoms with Crippen molar-refractivity contribution in [3.05, 3.63) is 76.2 Å². The normalized spacial score (nSPS) is 20.2. The molecule has 2 aromatic carbocycles. The summed E-state index contributed by atoms with van der Waals surface area (Å²) in [5.74, 6) is 0.870. The van der Waals surface area contributed by atoms with Crippen LogP contribution in [0, 0.1) is 0 Å². The quantitative estimate of drug-likeness (QED) is 0.591. The Labute approximate surface area is 200 Å². The minimum Gasteiger partial charge on any atom is -0.494 e. The van der Waals surface area contributed by atoms with E-state index in [2.05, 4.69) is 28.1 Å². The lowest BCUT2D eigenvalue weighted by Crippen LogP contribution is -2.45. The summed E-state index contributed by atoms with van der Waals surface area (Å²) < 4.78 is 6.02. The zero-order valence-electron chi connectivity index (χ0n) is 19.7. The maximum atomic E-state index is 13.7. The Hall–Kier alpha value is -3.12. The highest BCUT2D eigenvalue weighted by Gasteiger charge is 2.25. The van der Waals surface area contributed by atoms with Gasteiger partial charge in [-0.25, -0.2) is 0 Å². The maximum absolute atomic E-state index is 13.7. The minimum atomic E-state index is -0.167. The molecule has 2 aliphatic rings. The molecule has 0 saturated carbocycles. The van der Waals surface area contributed by atoms with Crippen molar-refractivity contribution in [2.24, 2.45) is 0 Å². The molecule has 3 heterocycles. The number of carbonyl (C=O) groups excluding carboxylic acids is 1. The molecule has 1 N–H and O–H groups in total. The number of nitrogens with zero attached hydrogens (tertiary/aromatic N) is 2. The molecule has 0 aliphatic carbocycles. The highest BCUT2D eigenvalue weighted by atomic mass is 16.5. The predicted molar refractivity (Wildman–Crippen MR) is 135 cm³/mol. The smallest absolute Gasteiger partial charge is 0.256 e. The van der Waals surface area contributed by atoms with E-state index >= 15 is 0 Å². The Morgan fingerprint density at radius 3 is 2.71 bits per heavy atom. The molecular formula is C28H33N3O3. The third-order valence-corrected chi connectivity index (χ3v) is 7.24. The first-order valence-electron chi connectivity index (χ1n) is 12.5. The summed E-state index contributed by atoms with van der Waals surface area (Å²) in [5.41, 5.74) is 1.72. The number of H-pyrrole nitrogens is 1. The number of carbonyl (C=O) groups is 1. The van der Waals surface area contributed by atoms with Crippen LogP contribution in [0.5, 0.6) is 5.75 Å². The number of aromatic amines is 1. The van der Waals surface area contributed by atoms with E-state index in [4.69, 9.17) is 4.74 Å². The SMILES string of the molecule is O=C(c1c[nH]c(=O)c2ccccc12)N1CCCOc2cccc(c2)CCC2CCCCN2CC1. The number of rotatable bonds is 1. The van der Waals surface area contributed by atoms with Gasteiger partial charge in [-0.15, -0.1) is 0 Å². The van der Waals surface area contributed by atoms with E-state index in [-0.39, 0.29) is 11.5 Å². The first kappa shape index (κ1) is 22.7. The molecular weight excluding hydrogens is 426 g/mol. The third-order valence-electron chi connectivity index (χ3n) is 7.24. The molecule has 1 amide bonds. The predicted octanol–water partition coefficient (Wildman–Crippen LogP) is 4.24. The van der Waals surface area contributed by atoms with Crippen molar-refractivity contribution in [3.63, 3.8) is 0 Å². The molecule has 178 valence electrons. The molecule has 1 saturated heterocycles. The molecule has 2 bridgehead atoms. The van der Waals surface area contributed by atoms with Gasteiger partial charge in [0.15, 0.2) is 0 Å². The molecule has 1 aromatic heterocycles. The van der Waals surface area contributed by atoms with Crippen LogP contribution in [0.3, 0.4) is 0 Å². The summed E-state index contributed by atoms with van der Waals surface area (Å²) >= 11 is 0. The summed E-state index contributed by atoms with van der Waals surface area (Å²) in [5, 5.41) is 1.26. The van der Waals surface area contributed by atoms with Gasteiger partial charge in [0.2, 0.25) is 0 Å². The molecule has 6 nitrogen and oxygen atoms in total. The fourth-order valence-electron chi connectivity index (χ4n) is 5.37. The topological polar surface area (TPSA) is 65.6 Å². The highest BCUT2D eigenvalue weighted by molar-refractivity contribution is 6.06. The third kappa shape index (κ3) is 5.02. The number of fused-ring (bicyclic) bond motifs is 4. The largest absolute Gasteiger partial charge is 0.494 e. The van der Waals surface area contributed by atoms with Crippen LogP contribution in [-0.2, 0) is 6.42 Å². The van der Waals surface area contributed by atoms with Crippen LogP contribution in [0.1, 0.15) is 48.0 Å². The van der Waals surface area contributed by atoms with Crippen molar-refractivity contribution in [2.75, 3.05) is 32.8 Å². The first-order chi connectivity index (χ1) is 16.7. The fourth-order valence-corrected chi connectivity index (χ4v) is 5.37. The zero-order chi connectivity index (χ0) is 23.3. The Morgan fingerprint density at radius 2 is 1.79 bits per heavy atom. The van der Waals surface area contributed by atoms with E-state index in [9.17, 15) is 9.59 Å². The number of ether oxygens (including phenoxy) is 1. The second-order valence-corrected chi connectivity index (χ2v) is 9.44. The molecule has 1 unspecified atom stereocenters. The molecule has 2 aliphatic heterocycles. The Kier molecular flexibility index (Phi) is 6.95. The van der Waals surface area contributed by atoms with Gasteiger partial charge in [0.1, 0.15) is 5.75 Å². The number of hydrogen-bond donors (Lipinski definition) is 1. The van der Waals surface area contributed by atoms with Gasteiger partial charge in [0.05, 0.1) is 12.2 Å². The standard InChI is InChI=1S/C28H33N3O3/c32-27-25-11-2-1-10-24(25)26(20-29-27)28(33)31-15-6-18-34-23-9-5-7-21(19-23)12-13-22-8-3-4-14-30(22)16-17-31/h1-2,5,7,9-11,19-20,22H,3-4,6,8,12-18H2,(H,29,32). The average Bonchev–Trinajstić information content (AvgIpc) is 2.87. The van der Waals surface area contributed by atoms with Crippen LogP contribution >= 0.6 is 0 Å². The Balaban J connectivity index is 1.41. The summed E-state index contributed by atoms with van der Waals surface area (Å²) in [4.78, 5) is 33.3. The number of nitrogens with one attached hydrogen (secondary N) is 1. The number of pyridine rings is 1. The van der Waals surface area contributed by atoms with Crippen LogP contribution in [0.15, 0.2) is 59.5 Å². The lowest BCUT2D eigenvalue weighted by molar-refractivity contribution is 0.0684. The van der Waals surface area contributed by atoms with Crippen molar-refractivity contribution in [3.8, 4) is 5.75 Å². The molecule has 0 spiro atoms. The van der Waals surface area contributed by atoms with Crippen LogP contribution in [0.25, 0.3) is 10.8 Å². The zero-order valence-corrected chi connectivity index (χ0v) is 19.7. The van der Waals surface area contributed by atoms with E-state index in [1.807, 2.05) is 29.2 Å². The summed E-state index contributed by atoms with van der Waals surface area (Å²) in [6.45, 7) is 3.82. The van der Waals surface area contributed by atoms with E-state index in [1.165, 1.54) is 24.8 Å². The van der Waals surface area contributed by atoms with E-state index in [0.717, 1.165) is 38.1 Å². The van der Waals surface area contributed by atoms with Crippen LogP contribution < -0.4 is 10.3 Å². The highest BCUT2D eigenvalue weighted by Crippen LogP contribution is 2.24. The summed E-state index contributed by atoms with van der Waals surface area (Å²) in [6, 6.07) is 16.3. The van der Waals surface area contributed by atoms with Crippen molar-refractivity contribution < 1.29 is 9.53 Å². The number of aromatic nitrogens is 1. The Morgan fingerprint density at radius 1 is 0.912 bits per heavy atom. The maximum Gasteiger partial charge on any atom is 0.256 e. The van der Waals surface area contributed by atoms with Gasteiger partial charge in [-0.1, -0.05) is 36.8 Å². The van der Waals surface area contributed by atoms with E-state index < -0.39 is 0 Å². The van der Waals surface area contributed by atoms with Crippen LogP contribution in [-0.4, -0.2) is 59.5 Å². The van der Waals surface area contributed by atoms with Gasteiger partial charge < -0.3 is 14.6 Å². The van der Waals surface area contributed by atoms with Crippen LogP contribution in [0.4, 0.5) is 0 Å². The monoisotopic (exact) mass is 459 g/mol. The van der Waals surface area contributed by atoms with E-state index in [1.54, 1.807) is 12.3 Å². The molecule has 6 heteroatoms. The van der Waals surface area contributed by atoms with Crippen LogP contribution in [0.2, 0.25) is 0 Å². The number of aryl methyl sites for hydroxylation is 1. The molecule has 5 rings (SSSR count). The molecule has 1 atom stereocenters. The molecule has 3 aromatic rings. The van der Waals surface area contributed by atoms with Gasteiger partial charge in [0, 0.05) is 42.6 Å². The lowest BCUT2D eigenvalue weighted by atomic mass is 9.95. The second kappa shape index (κ2) is 10.4. The van der Waals surface area contributed by atoms with Crippen molar-refractivity contribution in [1.29, 1.82) is 0 Å². The molecule has 1 fully saturated rings. The van der Waals surface area contributed by atoms with Gasteiger partial charge in [0.25, 0.3) is 11.5 Å². The van der Waals surface area contributed by atoms with Gasteiger partial charge in [-0.2, -0.15) is 0 Å². The van der Waals surface area contributed by atoms with Crippen molar-refractivity contribution in [1.82, 2.24) is 14.8 Å². The lowest BCUT2D eigenvalue weighted by Gasteiger charge is -2.37. The summed E-state index contributed by atoms with van der Waals surface area (Å²) in [6.07, 6.45) is 8.21. The number of hydrogen-bond acceptors (Lipinski definition) is 4. The number of benzene rings is 2. The fraction of sp³-hybridized carbons (Fsp3) is 0.429. The first-order valence-corrected chi connectivity index (χ1v) is 12.5. The Bertz CT molecular complexity index is 1200. The molecule has 0 radical (unpaired) electrons. The average molecular weight is 460 g/mol. The van der Waals surface area contributed by atoms with Crippen molar-refractivity contribution >= 4 is 16.7 Å². The second-order valence-electron chi connectivity index (χ2n) is 9.44. The van der Waals surface area contributed by atoms with Crippen molar-refractivity contribution in [2.45, 2.75) is 44.6 Å². The van der Waals surface area contributed by atoms with Gasteiger partial charge >= 0.3 is 0 Å². The van der Waals surface area contributed by atoms with E-state index in [0.29, 0.717) is 42.1 Å². The summed E-state index contributed by atoms with van der Waals surface area (Å²) in [7, 11) is 0. The molecule has 34 heavy (non-hydrogen) atoms. The number of amides is 1. The minimum absolute atomic E-state index is 0.0323. The van der Waals surface area contributed by atoms with Gasteiger partial charge in [-0.05, 0) is 62.4 Å².